The number of nitrogens with zero attached hydrogens (tertiary/aromatic N) is 1. The molecule has 1 fully saturated rings. The summed E-state index contributed by atoms with van der Waals surface area (Å²) >= 11 is 0. The summed E-state index contributed by atoms with van der Waals surface area (Å²) in [5.41, 5.74) is 0.979. The average Bonchev–Trinajstić information content (AvgIpc) is 2.59. The predicted molar refractivity (Wildman–Crippen MR) is 101 cm³/mol. The van der Waals surface area contributed by atoms with E-state index in [1.807, 2.05) is 30.3 Å². The fourth-order valence-electron chi connectivity index (χ4n) is 3.23. The van der Waals surface area contributed by atoms with Crippen LogP contribution in [-0.4, -0.2) is 44.4 Å². The number of hydrogen-bond donors (Lipinski definition) is 1. The van der Waals surface area contributed by atoms with Crippen molar-refractivity contribution < 1.29 is 17.6 Å². The monoisotopic (exact) mass is 382 g/mol. The maximum atomic E-state index is 13.8. The van der Waals surface area contributed by atoms with Crippen LogP contribution in [0.15, 0.2) is 41.8 Å². The fourth-order valence-corrected chi connectivity index (χ4v) is 3.75. The third-order valence-corrected chi connectivity index (χ3v) is 5.35. The molecule has 1 aliphatic rings. The zero-order valence-corrected chi connectivity index (χ0v) is 16.2. The average molecular weight is 383 g/mol. The SMILES string of the molecule is CC(/C=C/S(C)(=O)=O)NC(=O)N1CC[C@@H]([C@H](C)F)C[C@H]1c1ccccc1. The molecule has 1 aromatic rings. The van der Waals surface area contributed by atoms with Gasteiger partial charge in [0.15, 0.2) is 9.84 Å². The molecular formula is C19H27FN2O3S. The maximum absolute atomic E-state index is 13.8. The van der Waals surface area contributed by atoms with Crippen LogP contribution in [0.2, 0.25) is 0 Å². The lowest BCUT2D eigenvalue weighted by molar-refractivity contribution is 0.0936. The molecule has 7 heteroatoms. The van der Waals surface area contributed by atoms with Crippen molar-refractivity contribution in [1.29, 1.82) is 0 Å². The summed E-state index contributed by atoms with van der Waals surface area (Å²) in [6, 6.07) is 8.73. The number of likely N-dealkylation sites (tertiary alicyclic amines) is 1. The summed E-state index contributed by atoms with van der Waals surface area (Å²) in [5.74, 6) is -0.0770. The van der Waals surface area contributed by atoms with E-state index in [0.717, 1.165) is 17.2 Å². The van der Waals surface area contributed by atoms with Crippen LogP contribution in [0.3, 0.4) is 0 Å². The van der Waals surface area contributed by atoms with Gasteiger partial charge in [0, 0.05) is 24.3 Å². The number of hydrogen-bond acceptors (Lipinski definition) is 3. The molecule has 1 saturated heterocycles. The van der Waals surface area contributed by atoms with Gasteiger partial charge < -0.3 is 10.2 Å². The number of amides is 2. The highest BCUT2D eigenvalue weighted by atomic mass is 32.2. The van der Waals surface area contributed by atoms with E-state index in [1.165, 1.54) is 6.08 Å². The van der Waals surface area contributed by atoms with Crippen molar-refractivity contribution in [3.8, 4) is 0 Å². The zero-order chi connectivity index (χ0) is 19.3. The van der Waals surface area contributed by atoms with Gasteiger partial charge in [-0.05, 0) is 38.2 Å². The van der Waals surface area contributed by atoms with Crippen LogP contribution in [0.1, 0.15) is 38.3 Å². The molecule has 26 heavy (non-hydrogen) atoms. The van der Waals surface area contributed by atoms with E-state index in [4.69, 9.17) is 0 Å². The second-order valence-corrected chi connectivity index (χ2v) is 8.91. The van der Waals surface area contributed by atoms with E-state index in [9.17, 15) is 17.6 Å². The molecule has 0 spiro atoms. The smallest absolute Gasteiger partial charge is 0.318 e. The minimum atomic E-state index is -3.24. The number of benzene rings is 1. The minimum Gasteiger partial charge on any atom is -0.332 e. The van der Waals surface area contributed by atoms with Gasteiger partial charge in [-0.25, -0.2) is 17.6 Å². The van der Waals surface area contributed by atoms with Gasteiger partial charge in [-0.3, -0.25) is 0 Å². The first-order valence-corrected chi connectivity index (χ1v) is 10.8. The van der Waals surface area contributed by atoms with Crippen molar-refractivity contribution in [2.24, 2.45) is 5.92 Å². The topological polar surface area (TPSA) is 66.5 Å². The summed E-state index contributed by atoms with van der Waals surface area (Å²) < 4.78 is 36.3. The highest BCUT2D eigenvalue weighted by Crippen LogP contribution is 2.36. The molecular weight excluding hydrogens is 355 g/mol. The van der Waals surface area contributed by atoms with E-state index >= 15 is 0 Å². The van der Waals surface area contributed by atoms with Gasteiger partial charge in [0.25, 0.3) is 0 Å². The largest absolute Gasteiger partial charge is 0.332 e. The highest BCUT2D eigenvalue weighted by Gasteiger charge is 2.35. The van der Waals surface area contributed by atoms with Gasteiger partial charge in [-0.2, -0.15) is 0 Å². The zero-order valence-electron chi connectivity index (χ0n) is 15.4. The summed E-state index contributed by atoms with van der Waals surface area (Å²) in [7, 11) is -3.24. The van der Waals surface area contributed by atoms with Crippen molar-refractivity contribution in [3.05, 3.63) is 47.4 Å². The Morgan fingerprint density at radius 2 is 1.96 bits per heavy atom. The molecule has 144 valence electrons. The number of halogens is 1. The van der Waals surface area contributed by atoms with Gasteiger partial charge in [0.1, 0.15) is 6.17 Å². The van der Waals surface area contributed by atoms with Crippen LogP contribution in [0.5, 0.6) is 0 Å². The lowest BCUT2D eigenvalue weighted by Gasteiger charge is -2.40. The predicted octanol–water partition coefficient (Wildman–Crippen LogP) is 3.45. The van der Waals surface area contributed by atoms with Gasteiger partial charge in [0.05, 0.1) is 6.04 Å². The third-order valence-electron chi connectivity index (χ3n) is 4.70. The van der Waals surface area contributed by atoms with Crippen molar-refractivity contribution in [2.45, 2.75) is 44.9 Å². The highest BCUT2D eigenvalue weighted by molar-refractivity contribution is 7.93. The minimum absolute atomic E-state index is 0.0770. The molecule has 0 aliphatic carbocycles. The number of rotatable bonds is 5. The molecule has 1 unspecified atom stereocenters. The molecule has 0 bridgehead atoms. The molecule has 1 aromatic carbocycles. The Labute approximate surface area is 155 Å². The van der Waals surface area contributed by atoms with Gasteiger partial charge in [-0.15, -0.1) is 0 Å². The van der Waals surface area contributed by atoms with Crippen molar-refractivity contribution in [3.63, 3.8) is 0 Å². The normalized spacial score (nSPS) is 23.6. The van der Waals surface area contributed by atoms with Crippen LogP contribution in [0, 0.1) is 5.92 Å². The Kier molecular flexibility index (Phi) is 6.81. The van der Waals surface area contributed by atoms with E-state index in [0.29, 0.717) is 19.4 Å². The number of urea groups is 1. The second kappa shape index (κ2) is 8.66. The number of nitrogens with one attached hydrogen (secondary N) is 1. The number of sulfone groups is 1. The molecule has 2 amide bonds. The molecule has 5 nitrogen and oxygen atoms in total. The van der Waals surface area contributed by atoms with Crippen molar-refractivity contribution in [2.75, 3.05) is 12.8 Å². The number of carbonyl (C=O) groups is 1. The van der Waals surface area contributed by atoms with Crippen molar-refractivity contribution in [1.82, 2.24) is 10.2 Å². The number of carbonyl (C=O) groups excluding carboxylic acids is 1. The van der Waals surface area contributed by atoms with Gasteiger partial charge in [-0.1, -0.05) is 36.4 Å². The van der Waals surface area contributed by atoms with Crippen LogP contribution < -0.4 is 5.32 Å². The molecule has 0 aromatic heterocycles. The Morgan fingerprint density at radius 1 is 1.31 bits per heavy atom. The van der Waals surface area contributed by atoms with Gasteiger partial charge >= 0.3 is 6.03 Å². The number of piperidine rings is 1. The standard InChI is InChI=1S/C19H27FN2O3S/c1-14(10-12-26(3,24)25)21-19(23)22-11-9-17(15(2)20)13-18(22)16-7-5-4-6-8-16/h4-8,10,12,14-15,17-18H,9,11,13H2,1-3H3,(H,21,23)/b12-10+/t14?,15-,17+,18-/m0/s1. The number of alkyl halides is 1. The molecule has 1 aliphatic heterocycles. The Hall–Kier alpha value is -1.89. The molecule has 1 N–H and O–H groups in total. The van der Waals surface area contributed by atoms with E-state index in [2.05, 4.69) is 5.32 Å². The fraction of sp³-hybridized carbons (Fsp3) is 0.526. The summed E-state index contributed by atoms with van der Waals surface area (Å²) in [6.07, 6.45) is 2.82. The lowest BCUT2D eigenvalue weighted by Crippen LogP contribution is -2.49. The third kappa shape index (κ3) is 5.83. The van der Waals surface area contributed by atoms with Crippen LogP contribution in [0.25, 0.3) is 0 Å². The van der Waals surface area contributed by atoms with E-state index in [1.54, 1.807) is 18.7 Å². The van der Waals surface area contributed by atoms with E-state index in [-0.39, 0.29) is 18.0 Å². The Balaban J connectivity index is 2.14. The Morgan fingerprint density at radius 3 is 2.54 bits per heavy atom. The van der Waals surface area contributed by atoms with Crippen molar-refractivity contribution >= 4 is 15.9 Å². The molecule has 4 atom stereocenters. The first-order chi connectivity index (χ1) is 12.2. The molecule has 0 radical (unpaired) electrons. The summed E-state index contributed by atoms with van der Waals surface area (Å²) in [5, 5.41) is 3.89. The molecule has 1 heterocycles. The molecule has 2 rings (SSSR count). The van der Waals surface area contributed by atoms with Crippen LogP contribution in [0.4, 0.5) is 9.18 Å². The second-order valence-electron chi connectivity index (χ2n) is 6.98. The lowest BCUT2D eigenvalue weighted by atomic mass is 9.85. The first-order valence-electron chi connectivity index (χ1n) is 8.82. The first kappa shape index (κ1) is 20.4. The van der Waals surface area contributed by atoms with E-state index < -0.39 is 22.1 Å². The van der Waals surface area contributed by atoms with Gasteiger partial charge in [0.2, 0.25) is 0 Å². The maximum Gasteiger partial charge on any atom is 0.318 e. The van der Waals surface area contributed by atoms with Crippen LogP contribution in [-0.2, 0) is 9.84 Å². The van der Waals surface area contributed by atoms with Crippen LogP contribution >= 0.6 is 0 Å². The Bertz CT molecular complexity index is 734. The summed E-state index contributed by atoms with van der Waals surface area (Å²) in [6.45, 7) is 3.75. The molecule has 0 saturated carbocycles. The quantitative estimate of drug-likeness (QED) is 0.848. The summed E-state index contributed by atoms with van der Waals surface area (Å²) in [4.78, 5) is 14.5.